The SMILES string of the molecule is CCCC1CN(c2ccc(Br)cc2Cl)CCCN1. The Balaban J connectivity index is 2.14. The van der Waals surface area contributed by atoms with Crippen LogP contribution in [0.4, 0.5) is 5.69 Å². The van der Waals surface area contributed by atoms with Gasteiger partial charge in [-0.1, -0.05) is 40.9 Å². The van der Waals surface area contributed by atoms with Gasteiger partial charge in [-0.2, -0.15) is 0 Å². The lowest BCUT2D eigenvalue weighted by Crippen LogP contribution is -2.37. The minimum absolute atomic E-state index is 0.581. The van der Waals surface area contributed by atoms with Crippen molar-refractivity contribution in [1.82, 2.24) is 5.32 Å². The van der Waals surface area contributed by atoms with E-state index in [0.717, 1.165) is 34.8 Å². The second kappa shape index (κ2) is 6.78. The maximum atomic E-state index is 6.35. The minimum Gasteiger partial charge on any atom is -0.369 e. The normalized spacial score (nSPS) is 20.8. The van der Waals surface area contributed by atoms with Crippen LogP contribution in [-0.4, -0.2) is 25.7 Å². The van der Waals surface area contributed by atoms with E-state index in [4.69, 9.17) is 11.6 Å². The molecule has 1 aromatic carbocycles. The second-order valence-electron chi connectivity index (χ2n) is 4.84. The quantitative estimate of drug-likeness (QED) is 0.898. The molecule has 1 aliphatic rings. The molecule has 1 heterocycles. The second-order valence-corrected chi connectivity index (χ2v) is 6.16. The summed E-state index contributed by atoms with van der Waals surface area (Å²) in [6.07, 6.45) is 3.62. The molecular weight excluding hydrogens is 312 g/mol. The molecular formula is C14H20BrClN2. The number of anilines is 1. The number of benzene rings is 1. The summed E-state index contributed by atoms with van der Waals surface area (Å²) in [6, 6.07) is 6.73. The lowest BCUT2D eigenvalue weighted by atomic mass is 10.1. The van der Waals surface area contributed by atoms with Gasteiger partial charge in [-0.15, -0.1) is 0 Å². The van der Waals surface area contributed by atoms with Crippen molar-refractivity contribution in [2.75, 3.05) is 24.5 Å². The Morgan fingerprint density at radius 3 is 3.06 bits per heavy atom. The van der Waals surface area contributed by atoms with E-state index in [1.807, 2.05) is 6.07 Å². The summed E-state index contributed by atoms with van der Waals surface area (Å²) >= 11 is 9.81. The largest absolute Gasteiger partial charge is 0.369 e. The fourth-order valence-corrected chi connectivity index (χ4v) is 3.29. The van der Waals surface area contributed by atoms with Gasteiger partial charge < -0.3 is 10.2 Å². The van der Waals surface area contributed by atoms with Crippen LogP contribution >= 0.6 is 27.5 Å². The zero-order valence-corrected chi connectivity index (χ0v) is 13.1. The van der Waals surface area contributed by atoms with E-state index in [2.05, 4.69) is 45.2 Å². The molecule has 1 fully saturated rings. The molecule has 1 aromatic rings. The molecule has 0 spiro atoms. The molecule has 0 saturated carbocycles. The maximum Gasteiger partial charge on any atom is 0.0650 e. The summed E-state index contributed by atoms with van der Waals surface area (Å²) in [6.45, 7) is 5.47. The van der Waals surface area contributed by atoms with Gasteiger partial charge in [-0.05, 0) is 37.6 Å². The van der Waals surface area contributed by atoms with Gasteiger partial charge in [0.1, 0.15) is 0 Å². The van der Waals surface area contributed by atoms with Crippen molar-refractivity contribution >= 4 is 33.2 Å². The van der Waals surface area contributed by atoms with Gasteiger partial charge in [0.25, 0.3) is 0 Å². The Kier molecular flexibility index (Phi) is 5.34. The van der Waals surface area contributed by atoms with Crippen LogP contribution in [-0.2, 0) is 0 Å². The van der Waals surface area contributed by atoms with Crippen LogP contribution < -0.4 is 10.2 Å². The molecule has 0 aromatic heterocycles. The Morgan fingerprint density at radius 2 is 2.33 bits per heavy atom. The number of halogens is 2. The fraction of sp³-hybridized carbons (Fsp3) is 0.571. The molecule has 0 bridgehead atoms. The summed E-state index contributed by atoms with van der Waals surface area (Å²) in [5.74, 6) is 0. The first-order valence-corrected chi connectivity index (χ1v) is 7.81. The van der Waals surface area contributed by atoms with Gasteiger partial charge in [-0.3, -0.25) is 0 Å². The highest BCUT2D eigenvalue weighted by Gasteiger charge is 2.18. The minimum atomic E-state index is 0.581. The highest BCUT2D eigenvalue weighted by atomic mass is 79.9. The molecule has 1 N–H and O–H groups in total. The number of nitrogens with one attached hydrogen (secondary N) is 1. The van der Waals surface area contributed by atoms with Crippen LogP contribution in [0.15, 0.2) is 22.7 Å². The summed E-state index contributed by atoms with van der Waals surface area (Å²) in [4.78, 5) is 2.41. The fourth-order valence-electron chi connectivity index (χ4n) is 2.50. The van der Waals surface area contributed by atoms with Crippen molar-refractivity contribution in [3.05, 3.63) is 27.7 Å². The monoisotopic (exact) mass is 330 g/mol. The van der Waals surface area contributed by atoms with Crippen molar-refractivity contribution in [3.8, 4) is 0 Å². The smallest absolute Gasteiger partial charge is 0.0650 e. The lowest BCUT2D eigenvalue weighted by molar-refractivity contribution is 0.502. The number of rotatable bonds is 3. The zero-order chi connectivity index (χ0) is 13.0. The van der Waals surface area contributed by atoms with Gasteiger partial charge in [0.15, 0.2) is 0 Å². The van der Waals surface area contributed by atoms with E-state index in [0.29, 0.717) is 6.04 Å². The molecule has 1 atom stereocenters. The Bertz CT molecular complexity index is 397. The average molecular weight is 332 g/mol. The predicted octanol–water partition coefficient (Wildman–Crippen LogP) is 4.07. The van der Waals surface area contributed by atoms with Crippen molar-refractivity contribution < 1.29 is 0 Å². The van der Waals surface area contributed by atoms with E-state index in [1.165, 1.54) is 19.3 Å². The molecule has 2 nitrogen and oxygen atoms in total. The predicted molar refractivity (Wildman–Crippen MR) is 82.7 cm³/mol. The standard InChI is InChI=1S/C14H20BrClN2/c1-2-4-12-10-18(8-3-7-17-12)14-6-5-11(15)9-13(14)16/h5-6,9,12,17H,2-4,7-8,10H2,1H3. The Labute approximate surface area is 123 Å². The summed E-state index contributed by atoms with van der Waals surface area (Å²) < 4.78 is 1.04. The molecule has 2 rings (SSSR count). The summed E-state index contributed by atoms with van der Waals surface area (Å²) in [5.41, 5.74) is 1.16. The molecule has 100 valence electrons. The number of hydrogen-bond donors (Lipinski definition) is 1. The molecule has 1 unspecified atom stereocenters. The molecule has 18 heavy (non-hydrogen) atoms. The van der Waals surface area contributed by atoms with Gasteiger partial charge in [0, 0.05) is 23.6 Å². The van der Waals surface area contributed by atoms with Crippen molar-refractivity contribution in [2.24, 2.45) is 0 Å². The first kappa shape index (κ1) is 14.2. The van der Waals surface area contributed by atoms with E-state index >= 15 is 0 Å². The molecule has 4 heteroatoms. The van der Waals surface area contributed by atoms with Gasteiger partial charge in [0.2, 0.25) is 0 Å². The van der Waals surface area contributed by atoms with Crippen LogP contribution in [0.2, 0.25) is 5.02 Å². The Hall–Kier alpha value is -0.250. The van der Waals surface area contributed by atoms with Crippen LogP contribution in [0.1, 0.15) is 26.2 Å². The average Bonchev–Trinajstić information content (AvgIpc) is 2.55. The third kappa shape index (κ3) is 3.62. The van der Waals surface area contributed by atoms with Crippen LogP contribution in [0.3, 0.4) is 0 Å². The summed E-state index contributed by atoms with van der Waals surface area (Å²) in [7, 11) is 0. The van der Waals surface area contributed by atoms with E-state index in [9.17, 15) is 0 Å². The first-order valence-electron chi connectivity index (χ1n) is 6.64. The third-order valence-electron chi connectivity index (χ3n) is 3.37. The van der Waals surface area contributed by atoms with Gasteiger partial charge in [0.05, 0.1) is 10.7 Å². The van der Waals surface area contributed by atoms with Crippen molar-refractivity contribution in [2.45, 2.75) is 32.2 Å². The third-order valence-corrected chi connectivity index (χ3v) is 4.16. The number of nitrogens with zero attached hydrogens (tertiary/aromatic N) is 1. The highest BCUT2D eigenvalue weighted by molar-refractivity contribution is 9.10. The van der Waals surface area contributed by atoms with E-state index in [1.54, 1.807) is 0 Å². The van der Waals surface area contributed by atoms with E-state index in [-0.39, 0.29) is 0 Å². The summed E-state index contributed by atoms with van der Waals surface area (Å²) in [5, 5.41) is 4.45. The first-order chi connectivity index (χ1) is 8.70. The highest BCUT2D eigenvalue weighted by Crippen LogP contribution is 2.29. The molecule has 1 aliphatic heterocycles. The van der Waals surface area contributed by atoms with Gasteiger partial charge in [-0.25, -0.2) is 0 Å². The van der Waals surface area contributed by atoms with Crippen LogP contribution in [0, 0.1) is 0 Å². The van der Waals surface area contributed by atoms with Crippen molar-refractivity contribution in [3.63, 3.8) is 0 Å². The molecule has 0 aliphatic carbocycles. The van der Waals surface area contributed by atoms with E-state index < -0.39 is 0 Å². The van der Waals surface area contributed by atoms with Crippen molar-refractivity contribution in [1.29, 1.82) is 0 Å². The Morgan fingerprint density at radius 1 is 1.50 bits per heavy atom. The molecule has 0 radical (unpaired) electrons. The van der Waals surface area contributed by atoms with Crippen LogP contribution in [0.25, 0.3) is 0 Å². The number of hydrogen-bond acceptors (Lipinski definition) is 2. The molecule has 1 saturated heterocycles. The lowest BCUT2D eigenvalue weighted by Gasteiger charge is -2.27. The molecule has 0 amide bonds. The van der Waals surface area contributed by atoms with Crippen LogP contribution in [0.5, 0.6) is 0 Å². The maximum absolute atomic E-state index is 6.35. The van der Waals surface area contributed by atoms with Gasteiger partial charge >= 0.3 is 0 Å². The zero-order valence-electron chi connectivity index (χ0n) is 10.8. The topological polar surface area (TPSA) is 15.3 Å².